The molecular formula is C11H16N2O3. The Bertz CT molecular complexity index is 404. The fraction of sp³-hybridized carbons (Fsp3) is 0.455. The summed E-state index contributed by atoms with van der Waals surface area (Å²) < 4.78 is 5.52. The highest BCUT2D eigenvalue weighted by atomic mass is 16.5. The van der Waals surface area contributed by atoms with E-state index in [9.17, 15) is 4.79 Å². The monoisotopic (exact) mass is 224 g/mol. The van der Waals surface area contributed by atoms with E-state index in [1.165, 1.54) is 6.07 Å². The minimum atomic E-state index is -1.05. The first-order chi connectivity index (χ1) is 7.45. The molecule has 5 nitrogen and oxygen atoms in total. The number of pyridine rings is 1. The molecule has 88 valence electrons. The van der Waals surface area contributed by atoms with Gasteiger partial charge in [-0.15, -0.1) is 0 Å². The minimum Gasteiger partial charge on any atom is -0.490 e. The van der Waals surface area contributed by atoms with Gasteiger partial charge in [-0.25, -0.2) is 9.78 Å². The Morgan fingerprint density at radius 1 is 1.69 bits per heavy atom. The van der Waals surface area contributed by atoms with E-state index in [2.05, 4.69) is 4.98 Å². The van der Waals surface area contributed by atoms with Gasteiger partial charge in [0.1, 0.15) is 17.1 Å². The second-order valence-electron chi connectivity index (χ2n) is 3.65. The zero-order chi connectivity index (χ0) is 12.3. The average Bonchev–Trinajstić information content (AvgIpc) is 2.15. The summed E-state index contributed by atoms with van der Waals surface area (Å²) in [6, 6.07) is 1.45. The number of nitrogens with two attached hydrogens (primary N) is 1. The highest BCUT2D eigenvalue weighted by Crippen LogP contribution is 2.24. The Labute approximate surface area is 94.2 Å². The summed E-state index contributed by atoms with van der Waals surface area (Å²) in [6.07, 6.45) is 0.736. The first-order valence-electron chi connectivity index (χ1n) is 5.12. The van der Waals surface area contributed by atoms with E-state index in [-0.39, 0.29) is 23.2 Å². The Balaban J connectivity index is 3.19. The fourth-order valence-electron chi connectivity index (χ4n) is 1.32. The molecule has 1 aromatic rings. The summed E-state index contributed by atoms with van der Waals surface area (Å²) >= 11 is 0. The third kappa shape index (κ3) is 2.62. The van der Waals surface area contributed by atoms with Crippen LogP contribution in [0, 0.1) is 6.92 Å². The van der Waals surface area contributed by atoms with E-state index in [4.69, 9.17) is 15.6 Å². The van der Waals surface area contributed by atoms with Gasteiger partial charge in [0, 0.05) is 6.07 Å². The molecule has 1 rings (SSSR count). The predicted octanol–water partition coefficient (Wildman–Crippen LogP) is 1.85. The van der Waals surface area contributed by atoms with Crippen LogP contribution in [0.5, 0.6) is 5.75 Å². The van der Waals surface area contributed by atoms with Gasteiger partial charge in [0.15, 0.2) is 0 Å². The lowest BCUT2D eigenvalue weighted by Gasteiger charge is -2.15. The molecule has 0 radical (unpaired) electrons. The number of aromatic nitrogens is 1. The summed E-state index contributed by atoms with van der Waals surface area (Å²) in [5.41, 5.74) is 6.01. The highest BCUT2D eigenvalue weighted by molar-refractivity contribution is 5.92. The largest absolute Gasteiger partial charge is 0.490 e. The number of hydrogen-bond donors (Lipinski definition) is 2. The van der Waals surface area contributed by atoms with Gasteiger partial charge in [-0.2, -0.15) is 0 Å². The van der Waals surface area contributed by atoms with Gasteiger partial charge >= 0.3 is 5.97 Å². The van der Waals surface area contributed by atoms with Crippen LogP contribution in [-0.2, 0) is 0 Å². The highest BCUT2D eigenvalue weighted by Gasteiger charge is 2.18. The van der Waals surface area contributed by atoms with Crippen molar-refractivity contribution in [2.75, 3.05) is 5.73 Å². The number of aromatic carboxylic acids is 1. The van der Waals surface area contributed by atoms with E-state index in [0.717, 1.165) is 6.42 Å². The standard InChI is InChI=1S/C11H16N2O3/c1-4-6(2)16-8-5-9(12)13-7(3)10(8)11(14)15/h5-6H,4H2,1-3H3,(H2,12,13)(H,14,15). The molecule has 0 aliphatic carbocycles. The van der Waals surface area contributed by atoms with Crippen LogP contribution in [0.2, 0.25) is 0 Å². The molecule has 0 saturated heterocycles. The van der Waals surface area contributed by atoms with Crippen molar-refractivity contribution < 1.29 is 14.6 Å². The van der Waals surface area contributed by atoms with E-state index in [0.29, 0.717) is 5.69 Å². The quantitative estimate of drug-likeness (QED) is 0.815. The van der Waals surface area contributed by atoms with Gasteiger partial charge in [0.25, 0.3) is 0 Å². The molecule has 0 fully saturated rings. The van der Waals surface area contributed by atoms with Crippen LogP contribution >= 0.6 is 0 Å². The van der Waals surface area contributed by atoms with Crippen molar-refractivity contribution in [3.8, 4) is 5.75 Å². The van der Waals surface area contributed by atoms with Crippen LogP contribution in [0.25, 0.3) is 0 Å². The lowest BCUT2D eigenvalue weighted by Crippen LogP contribution is -2.15. The Hall–Kier alpha value is -1.78. The van der Waals surface area contributed by atoms with E-state index >= 15 is 0 Å². The normalized spacial score (nSPS) is 12.2. The molecule has 0 aromatic carbocycles. The summed E-state index contributed by atoms with van der Waals surface area (Å²) in [7, 11) is 0. The molecule has 0 saturated carbocycles. The van der Waals surface area contributed by atoms with Crippen molar-refractivity contribution in [1.29, 1.82) is 0 Å². The molecule has 0 bridgehead atoms. The average molecular weight is 224 g/mol. The fourth-order valence-corrected chi connectivity index (χ4v) is 1.32. The minimum absolute atomic E-state index is 0.0562. The molecule has 1 unspecified atom stereocenters. The summed E-state index contributed by atoms with van der Waals surface area (Å²) in [5.74, 6) is -0.504. The second kappa shape index (κ2) is 4.83. The first-order valence-corrected chi connectivity index (χ1v) is 5.12. The molecule has 1 aromatic heterocycles. The van der Waals surface area contributed by atoms with Crippen molar-refractivity contribution in [2.24, 2.45) is 0 Å². The molecule has 5 heteroatoms. The molecule has 1 heterocycles. The Morgan fingerprint density at radius 3 is 2.81 bits per heavy atom. The maximum atomic E-state index is 11.1. The maximum Gasteiger partial charge on any atom is 0.341 e. The van der Waals surface area contributed by atoms with Crippen molar-refractivity contribution >= 4 is 11.8 Å². The molecule has 3 N–H and O–H groups in total. The number of carboxylic acids is 1. The molecule has 0 aliphatic rings. The molecule has 0 aliphatic heterocycles. The number of aryl methyl sites for hydroxylation is 1. The second-order valence-corrected chi connectivity index (χ2v) is 3.65. The van der Waals surface area contributed by atoms with Crippen LogP contribution in [-0.4, -0.2) is 22.2 Å². The van der Waals surface area contributed by atoms with Crippen molar-refractivity contribution in [2.45, 2.75) is 33.3 Å². The van der Waals surface area contributed by atoms with Gasteiger partial charge in [-0.1, -0.05) is 6.92 Å². The maximum absolute atomic E-state index is 11.1. The van der Waals surface area contributed by atoms with Crippen LogP contribution in [0.15, 0.2) is 6.07 Å². The third-order valence-electron chi connectivity index (χ3n) is 2.30. The number of carboxylic acid groups (broad SMARTS) is 1. The summed E-state index contributed by atoms with van der Waals surface area (Å²) in [5, 5.41) is 9.06. The van der Waals surface area contributed by atoms with Crippen molar-refractivity contribution in [3.63, 3.8) is 0 Å². The van der Waals surface area contributed by atoms with Gasteiger partial charge < -0.3 is 15.6 Å². The third-order valence-corrected chi connectivity index (χ3v) is 2.30. The molecule has 16 heavy (non-hydrogen) atoms. The number of anilines is 1. The van der Waals surface area contributed by atoms with E-state index in [1.807, 2.05) is 13.8 Å². The first kappa shape index (κ1) is 12.3. The topological polar surface area (TPSA) is 85.4 Å². The molecular weight excluding hydrogens is 208 g/mol. The zero-order valence-electron chi connectivity index (χ0n) is 9.65. The van der Waals surface area contributed by atoms with Gasteiger partial charge in [0.05, 0.1) is 11.8 Å². The van der Waals surface area contributed by atoms with Crippen LogP contribution in [0.4, 0.5) is 5.82 Å². The van der Waals surface area contributed by atoms with Gasteiger partial charge in [-0.3, -0.25) is 0 Å². The van der Waals surface area contributed by atoms with Crippen molar-refractivity contribution in [1.82, 2.24) is 4.98 Å². The molecule has 1 atom stereocenters. The van der Waals surface area contributed by atoms with Crippen LogP contribution < -0.4 is 10.5 Å². The zero-order valence-corrected chi connectivity index (χ0v) is 9.65. The molecule has 0 amide bonds. The van der Waals surface area contributed by atoms with E-state index in [1.54, 1.807) is 6.92 Å². The van der Waals surface area contributed by atoms with Crippen LogP contribution in [0.3, 0.4) is 0 Å². The number of rotatable bonds is 4. The Kier molecular flexibility index (Phi) is 3.71. The Morgan fingerprint density at radius 2 is 2.31 bits per heavy atom. The van der Waals surface area contributed by atoms with Gasteiger partial charge in [-0.05, 0) is 20.3 Å². The number of nitrogens with zero attached hydrogens (tertiary/aromatic N) is 1. The predicted molar refractivity (Wildman–Crippen MR) is 60.7 cm³/mol. The van der Waals surface area contributed by atoms with E-state index < -0.39 is 5.97 Å². The lowest BCUT2D eigenvalue weighted by atomic mass is 10.1. The number of nitrogen functional groups attached to an aromatic ring is 1. The molecule has 0 spiro atoms. The van der Waals surface area contributed by atoms with Crippen LogP contribution in [0.1, 0.15) is 36.3 Å². The number of ether oxygens (including phenoxy) is 1. The summed E-state index contributed by atoms with van der Waals surface area (Å²) in [6.45, 7) is 5.43. The summed E-state index contributed by atoms with van der Waals surface area (Å²) in [4.78, 5) is 15.0. The lowest BCUT2D eigenvalue weighted by molar-refractivity contribution is 0.0688. The SMILES string of the molecule is CCC(C)Oc1cc(N)nc(C)c1C(=O)O. The smallest absolute Gasteiger partial charge is 0.341 e. The van der Waals surface area contributed by atoms with Crippen molar-refractivity contribution in [3.05, 3.63) is 17.3 Å². The number of carbonyl (C=O) groups is 1. The van der Waals surface area contributed by atoms with Gasteiger partial charge in [0.2, 0.25) is 0 Å². The number of hydrogen-bond acceptors (Lipinski definition) is 4.